The van der Waals surface area contributed by atoms with Gasteiger partial charge < -0.3 is 14.6 Å². The molecule has 0 aromatic heterocycles. The second-order valence-electron chi connectivity index (χ2n) is 4.97. The summed E-state index contributed by atoms with van der Waals surface area (Å²) in [6, 6.07) is 0. The number of nitrogens with zero attached hydrogens (tertiary/aromatic N) is 2. The molecule has 0 fully saturated rings. The first kappa shape index (κ1) is 17.6. The normalized spacial score (nSPS) is 11.4. The SMILES string of the molecule is CCN(CC)CCCN(CC)CCCCC(C)=O. The number of Topliss-reactive ketones (excluding diaryl/α,β-unsaturated/α-hetero) is 1. The van der Waals surface area contributed by atoms with E-state index in [2.05, 4.69) is 30.6 Å². The third-order valence-corrected chi connectivity index (χ3v) is 3.54. The maximum atomic E-state index is 10.9. The Bertz CT molecular complexity index is 203. The Labute approximate surface area is 114 Å². The Morgan fingerprint density at radius 2 is 1.28 bits per heavy atom. The number of hydrogen-bond acceptors (Lipinski definition) is 3. The monoisotopic (exact) mass is 256 g/mol. The Morgan fingerprint density at radius 1 is 0.778 bits per heavy atom. The van der Waals surface area contributed by atoms with Crippen molar-refractivity contribution < 1.29 is 4.79 Å². The van der Waals surface area contributed by atoms with Crippen molar-refractivity contribution >= 4 is 5.78 Å². The van der Waals surface area contributed by atoms with Crippen molar-refractivity contribution in [2.75, 3.05) is 39.3 Å². The first-order valence-electron chi connectivity index (χ1n) is 7.58. The fourth-order valence-electron chi connectivity index (χ4n) is 2.20. The van der Waals surface area contributed by atoms with Gasteiger partial charge in [-0.3, -0.25) is 0 Å². The molecule has 0 aliphatic rings. The zero-order chi connectivity index (χ0) is 13.8. The third-order valence-electron chi connectivity index (χ3n) is 3.54. The van der Waals surface area contributed by atoms with Gasteiger partial charge in [0, 0.05) is 6.42 Å². The van der Waals surface area contributed by atoms with Crippen molar-refractivity contribution in [3.63, 3.8) is 0 Å². The van der Waals surface area contributed by atoms with Gasteiger partial charge >= 0.3 is 0 Å². The van der Waals surface area contributed by atoms with E-state index < -0.39 is 0 Å². The molecule has 0 aliphatic heterocycles. The molecule has 0 spiro atoms. The van der Waals surface area contributed by atoms with E-state index in [9.17, 15) is 4.79 Å². The Balaban J connectivity index is 3.60. The van der Waals surface area contributed by atoms with E-state index in [1.165, 1.54) is 19.5 Å². The average molecular weight is 256 g/mol. The predicted octanol–water partition coefficient (Wildman–Crippen LogP) is 2.80. The highest BCUT2D eigenvalue weighted by molar-refractivity contribution is 5.75. The molecule has 108 valence electrons. The molecule has 0 rings (SSSR count). The molecule has 0 bridgehead atoms. The van der Waals surface area contributed by atoms with Crippen LogP contribution >= 0.6 is 0 Å². The Morgan fingerprint density at radius 3 is 1.78 bits per heavy atom. The smallest absolute Gasteiger partial charge is 0.129 e. The van der Waals surface area contributed by atoms with Crippen LogP contribution < -0.4 is 0 Å². The minimum atomic E-state index is 0.319. The average Bonchev–Trinajstić information content (AvgIpc) is 2.36. The summed E-state index contributed by atoms with van der Waals surface area (Å²) in [5.74, 6) is 0.319. The number of ketones is 1. The number of rotatable bonds is 12. The molecule has 0 aliphatic carbocycles. The fraction of sp³-hybridized carbons (Fsp3) is 0.933. The van der Waals surface area contributed by atoms with Crippen LogP contribution in [0.2, 0.25) is 0 Å². The lowest BCUT2D eigenvalue weighted by Crippen LogP contribution is -2.30. The summed E-state index contributed by atoms with van der Waals surface area (Å²) in [5, 5.41) is 0. The summed E-state index contributed by atoms with van der Waals surface area (Å²) < 4.78 is 0. The molecule has 18 heavy (non-hydrogen) atoms. The van der Waals surface area contributed by atoms with Crippen LogP contribution in [0.4, 0.5) is 0 Å². The first-order chi connectivity index (χ1) is 8.63. The van der Waals surface area contributed by atoms with E-state index >= 15 is 0 Å². The molecule has 0 unspecified atom stereocenters. The Hall–Kier alpha value is -0.410. The van der Waals surface area contributed by atoms with Crippen LogP contribution in [0.1, 0.15) is 53.4 Å². The van der Waals surface area contributed by atoms with Crippen LogP contribution in [-0.4, -0.2) is 54.9 Å². The first-order valence-corrected chi connectivity index (χ1v) is 7.58. The van der Waals surface area contributed by atoms with Crippen molar-refractivity contribution in [1.29, 1.82) is 0 Å². The van der Waals surface area contributed by atoms with Crippen molar-refractivity contribution in [2.24, 2.45) is 0 Å². The molecule has 3 nitrogen and oxygen atoms in total. The zero-order valence-electron chi connectivity index (χ0n) is 12.9. The minimum Gasteiger partial charge on any atom is -0.304 e. The summed E-state index contributed by atoms with van der Waals surface area (Å²) in [4.78, 5) is 15.8. The van der Waals surface area contributed by atoms with Gasteiger partial charge in [0.2, 0.25) is 0 Å². The largest absolute Gasteiger partial charge is 0.304 e. The van der Waals surface area contributed by atoms with Gasteiger partial charge in [0.1, 0.15) is 5.78 Å². The highest BCUT2D eigenvalue weighted by atomic mass is 16.1. The number of hydrogen-bond donors (Lipinski definition) is 0. The number of carbonyl (C=O) groups is 1. The van der Waals surface area contributed by atoms with E-state index in [0.29, 0.717) is 5.78 Å². The molecule has 0 saturated carbocycles. The van der Waals surface area contributed by atoms with Gasteiger partial charge in [0.15, 0.2) is 0 Å². The quantitative estimate of drug-likeness (QED) is 0.502. The molecule has 0 aromatic carbocycles. The molecular weight excluding hydrogens is 224 g/mol. The van der Waals surface area contributed by atoms with Crippen LogP contribution in [0.3, 0.4) is 0 Å². The van der Waals surface area contributed by atoms with Crippen LogP contribution in [0.25, 0.3) is 0 Å². The maximum absolute atomic E-state index is 10.9. The summed E-state index contributed by atoms with van der Waals surface area (Å²) in [6.45, 7) is 15.3. The topological polar surface area (TPSA) is 23.6 Å². The van der Waals surface area contributed by atoms with Crippen molar-refractivity contribution in [3.05, 3.63) is 0 Å². The van der Waals surface area contributed by atoms with Crippen LogP contribution in [0.5, 0.6) is 0 Å². The molecule has 0 saturated heterocycles. The van der Waals surface area contributed by atoms with Crippen molar-refractivity contribution in [3.8, 4) is 0 Å². The van der Waals surface area contributed by atoms with Gasteiger partial charge in [0.05, 0.1) is 0 Å². The third kappa shape index (κ3) is 9.60. The summed E-state index contributed by atoms with van der Waals surface area (Å²) in [6.07, 6.45) is 4.19. The lowest BCUT2D eigenvalue weighted by molar-refractivity contribution is -0.117. The molecule has 0 N–H and O–H groups in total. The van der Waals surface area contributed by atoms with Crippen molar-refractivity contribution in [2.45, 2.75) is 53.4 Å². The van der Waals surface area contributed by atoms with Gasteiger partial charge in [-0.25, -0.2) is 0 Å². The van der Waals surface area contributed by atoms with Crippen molar-refractivity contribution in [1.82, 2.24) is 9.80 Å². The van der Waals surface area contributed by atoms with Crippen LogP contribution in [0, 0.1) is 0 Å². The van der Waals surface area contributed by atoms with Gasteiger partial charge in [-0.15, -0.1) is 0 Å². The van der Waals surface area contributed by atoms with Gasteiger partial charge in [0.25, 0.3) is 0 Å². The molecule has 0 heterocycles. The summed E-state index contributed by atoms with van der Waals surface area (Å²) in [7, 11) is 0. The Kier molecular flexibility index (Phi) is 11.4. The molecule has 0 aromatic rings. The van der Waals surface area contributed by atoms with E-state index in [0.717, 1.165) is 45.4 Å². The van der Waals surface area contributed by atoms with Crippen LogP contribution in [0.15, 0.2) is 0 Å². The number of carbonyl (C=O) groups excluding carboxylic acids is 1. The zero-order valence-corrected chi connectivity index (χ0v) is 12.9. The van der Waals surface area contributed by atoms with E-state index in [1.807, 2.05) is 0 Å². The van der Waals surface area contributed by atoms with Gasteiger partial charge in [-0.05, 0) is 65.5 Å². The molecule has 0 amide bonds. The lowest BCUT2D eigenvalue weighted by atomic mass is 10.2. The summed E-state index contributed by atoms with van der Waals surface area (Å²) >= 11 is 0. The fourth-order valence-corrected chi connectivity index (χ4v) is 2.20. The maximum Gasteiger partial charge on any atom is 0.129 e. The lowest BCUT2D eigenvalue weighted by Gasteiger charge is -2.23. The van der Waals surface area contributed by atoms with Gasteiger partial charge in [-0.2, -0.15) is 0 Å². The van der Waals surface area contributed by atoms with Crippen LogP contribution in [-0.2, 0) is 4.79 Å². The molecule has 3 heteroatoms. The van der Waals surface area contributed by atoms with E-state index in [4.69, 9.17) is 0 Å². The number of unbranched alkanes of at least 4 members (excludes halogenated alkanes) is 1. The predicted molar refractivity (Wildman–Crippen MR) is 79.1 cm³/mol. The van der Waals surface area contributed by atoms with E-state index in [-0.39, 0.29) is 0 Å². The highest BCUT2D eigenvalue weighted by Crippen LogP contribution is 2.01. The van der Waals surface area contributed by atoms with Gasteiger partial charge in [-0.1, -0.05) is 20.8 Å². The molecular formula is C15H32N2O. The molecule has 0 radical (unpaired) electrons. The summed E-state index contributed by atoms with van der Waals surface area (Å²) in [5.41, 5.74) is 0. The molecule has 0 atom stereocenters. The van der Waals surface area contributed by atoms with E-state index in [1.54, 1.807) is 6.92 Å². The standard InChI is InChI=1S/C15H32N2O/c1-5-16(6-2)13-10-14-17(7-3)12-9-8-11-15(4)18/h5-14H2,1-4H3. The minimum absolute atomic E-state index is 0.319. The second-order valence-corrected chi connectivity index (χ2v) is 4.97. The highest BCUT2D eigenvalue weighted by Gasteiger charge is 2.04. The second kappa shape index (κ2) is 11.7.